The molecule has 2 rings (SSSR count). The Morgan fingerprint density at radius 2 is 2.00 bits per heavy atom. The van der Waals surface area contributed by atoms with E-state index in [1.165, 1.54) is 0 Å². The summed E-state index contributed by atoms with van der Waals surface area (Å²) in [6, 6.07) is 3.96. The molecule has 0 aliphatic heterocycles. The molecule has 0 saturated heterocycles. The molecular weight excluding hydrogens is 190 g/mol. The fourth-order valence-electron chi connectivity index (χ4n) is 1.42. The van der Waals surface area contributed by atoms with E-state index < -0.39 is 0 Å². The molecule has 0 saturated carbocycles. The van der Waals surface area contributed by atoms with Crippen LogP contribution in [0.2, 0.25) is 0 Å². The van der Waals surface area contributed by atoms with Crippen molar-refractivity contribution >= 4 is 0 Å². The largest absolute Gasteiger partial charge is 0.361 e. The molecule has 0 fully saturated rings. The Labute approximate surface area is 88.9 Å². The van der Waals surface area contributed by atoms with Crippen molar-refractivity contribution in [3.63, 3.8) is 0 Å². The number of nitrogens with zero attached hydrogens (tertiary/aromatic N) is 3. The van der Waals surface area contributed by atoms with Gasteiger partial charge in [0.15, 0.2) is 0 Å². The summed E-state index contributed by atoms with van der Waals surface area (Å²) in [4.78, 5) is 0. The number of rotatable bonds is 2. The van der Waals surface area contributed by atoms with Crippen molar-refractivity contribution in [2.75, 3.05) is 0 Å². The quantitative estimate of drug-likeness (QED) is 0.751. The second-order valence-corrected chi connectivity index (χ2v) is 3.74. The second kappa shape index (κ2) is 3.53. The van der Waals surface area contributed by atoms with Crippen LogP contribution in [0.15, 0.2) is 16.7 Å². The molecule has 2 aromatic heterocycles. The third kappa shape index (κ3) is 1.79. The van der Waals surface area contributed by atoms with Crippen molar-refractivity contribution in [2.45, 2.75) is 20.8 Å². The molecule has 0 aromatic carbocycles. The van der Waals surface area contributed by atoms with Crippen LogP contribution in [0.4, 0.5) is 0 Å². The minimum Gasteiger partial charge on any atom is -0.361 e. The molecule has 0 N–H and O–H groups in total. The Hall–Kier alpha value is -1.58. The van der Waals surface area contributed by atoms with E-state index in [4.69, 9.17) is 4.52 Å². The summed E-state index contributed by atoms with van der Waals surface area (Å²) in [6.45, 7) is 5.91. The first-order chi connectivity index (χ1) is 7.08. The highest BCUT2D eigenvalue weighted by atomic mass is 16.5. The predicted octanol–water partition coefficient (Wildman–Crippen LogP) is 2.02. The van der Waals surface area contributed by atoms with Gasteiger partial charge >= 0.3 is 0 Å². The third-order valence-electron chi connectivity index (χ3n) is 2.51. The van der Waals surface area contributed by atoms with Gasteiger partial charge in [-0.3, -0.25) is 4.68 Å². The average molecular weight is 204 g/mol. The van der Waals surface area contributed by atoms with Gasteiger partial charge in [-0.25, -0.2) is 0 Å². The normalized spacial score (nSPS) is 11.3. The van der Waals surface area contributed by atoms with Gasteiger partial charge in [-0.2, -0.15) is 5.10 Å². The minimum absolute atomic E-state index is 0.817. The Morgan fingerprint density at radius 1 is 1.27 bits per heavy atom. The average Bonchev–Trinajstić information content (AvgIpc) is 2.74. The van der Waals surface area contributed by atoms with Gasteiger partial charge in [0.2, 0.25) is 0 Å². The summed E-state index contributed by atoms with van der Waals surface area (Å²) in [7, 11) is 1.93. The number of aromatic nitrogens is 3. The van der Waals surface area contributed by atoms with Crippen LogP contribution in [-0.4, -0.2) is 14.9 Å². The maximum atomic E-state index is 5.04. The van der Waals surface area contributed by atoms with E-state index in [0.29, 0.717) is 0 Å². The molecule has 79 valence electrons. The molecule has 15 heavy (non-hydrogen) atoms. The molecule has 4 heteroatoms. The van der Waals surface area contributed by atoms with Crippen LogP contribution in [0.25, 0.3) is 0 Å². The van der Waals surface area contributed by atoms with Gasteiger partial charge < -0.3 is 4.52 Å². The first-order valence-corrected chi connectivity index (χ1v) is 4.86. The molecule has 0 aliphatic rings. The SMILES string of the molecule is C[C](c1cc(C)on1)c1cc(C)n(C)n1. The molecule has 1 radical (unpaired) electrons. The lowest BCUT2D eigenvalue weighted by Gasteiger charge is -2.01. The lowest BCUT2D eigenvalue weighted by molar-refractivity contribution is 0.393. The Kier molecular flexibility index (Phi) is 2.34. The highest BCUT2D eigenvalue weighted by molar-refractivity contribution is 5.36. The maximum absolute atomic E-state index is 5.04. The summed E-state index contributed by atoms with van der Waals surface area (Å²) in [5.74, 6) is 1.85. The van der Waals surface area contributed by atoms with Gasteiger partial charge in [-0.05, 0) is 26.8 Å². The molecule has 0 atom stereocenters. The smallest absolute Gasteiger partial charge is 0.133 e. The third-order valence-corrected chi connectivity index (χ3v) is 2.51. The van der Waals surface area contributed by atoms with Gasteiger partial charge in [0, 0.05) is 18.8 Å². The lowest BCUT2D eigenvalue weighted by atomic mass is 10.0. The zero-order valence-electron chi connectivity index (χ0n) is 9.40. The Balaban J connectivity index is 2.31. The van der Waals surface area contributed by atoms with Gasteiger partial charge in [-0.1, -0.05) is 5.16 Å². The van der Waals surface area contributed by atoms with E-state index >= 15 is 0 Å². The predicted molar refractivity (Wildman–Crippen MR) is 56.3 cm³/mol. The van der Waals surface area contributed by atoms with E-state index in [1.54, 1.807) is 0 Å². The van der Waals surface area contributed by atoms with Crippen LogP contribution in [0.3, 0.4) is 0 Å². The number of aryl methyl sites for hydroxylation is 3. The molecule has 2 aromatic rings. The Morgan fingerprint density at radius 3 is 2.47 bits per heavy atom. The topological polar surface area (TPSA) is 43.9 Å². The van der Waals surface area contributed by atoms with Gasteiger partial charge in [0.25, 0.3) is 0 Å². The van der Waals surface area contributed by atoms with Crippen LogP contribution in [0, 0.1) is 19.8 Å². The Bertz CT molecular complexity index is 450. The molecule has 0 amide bonds. The van der Waals surface area contributed by atoms with Crippen molar-refractivity contribution in [2.24, 2.45) is 7.05 Å². The zero-order valence-corrected chi connectivity index (χ0v) is 9.40. The van der Waals surface area contributed by atoms with E-state index in [0.717, 1.165) is 28.8 Å². The van der Waals surface area contributed by atoms with Crippen molar-refractivity contribution in [3.8, 4) is 0 Å². The minimum atomic E-state index is 0.817. The lowest BCUT2D eigenvalue weighted by Crippen LogP contribution is -2.00. The van der Waals surface area contributed by atoms with Crippen molar-refractivity contribution in [1.29, 1.82) is 0 Å². The van der Waals surface area contributed by atoms with E-state index in [2.05, 4.69) is 10.3 Å². The van der Waals surface area contributed by atoms with E-state index in [1.807, 2.05) is 44.6 Å². The molecule has 0 unspecified atom stereocenters. The fraction of sp³-hybridized carbons (Fsp3) is 0.364. The van der Waals surface area contributed by atoms with Crippen molar-refractivity contribution < 1.29 is 4.52 Å². The molecule has 0 spiro atoms. The highest BCUT2D eigenvalue weighted by Gasteiger charge is 2.16. The van der Waals surface area contributed by atoms with Crippen molar-refractivity contribution in [3.05, 3.63) is 40.9 Å². The van der Waals surface area contributed by atoms with Crippen LogP contribution in [0.5, 0.6) is 0 Å². The summed E-state index contributed by atoms with van der Waals surface area (Å²) < 4.78 is 6.89. The van der Waals surface area contributed by atoms with E-state index in [9.17, 15) is 0 Å². The molecule has 2 heterocycles. The number of hydrogen-bond donors (Lipinski definition) is 0. The second-order valence-electron chi connectivity index (χ2n) is 3.74. The van der Waals surface area contributed by atoms with Gasteiger partial charge in [0.05, 0.1) is 17.3 Å². The van der Waals surface area contributed by atoms with Crippen LogP contribution in [0.1, 0.15) is 29.8 Å². The highest BCUT2D eigenvalue weighted by Crippen LogP contribution is 2.21. The summed E-state index contributed by atoms with van der Waals surface area (Å²) >= 11 is 0. The van der Waals surface area contributed by atoms with Crippen LogP contribution in [-0.2, 0) is 7.05 Å². The zero-order chi connectivity index (χ0) is 11.0. The standard InChI is InChI=1S/C11H14N3O/c1-7-5-10(12-14(7)4)9(3)11-6-8(2)15-13-11/h5-6H,1-4H3. The first kappa shape index (κ1) is 9.96. The van der Waals surface area contributed by atoms with Gasteiger partial charge in [0.1, 0.15) is 5.76 Å². The molecule has 0 bridgehead atoms. The van der Waals surface area contributed by atoms with E-state index in [-0.39, 0.29) is 0 Å². The maximum Gasteiger partial charge on any atom is 0.133 e. The summed E-state index contributed by atoms with van der Waals surface area (Å²) in [5.41, 5.74) is 2.93. The summed E-state index contributed by atoms with van der Waals surface area (Å²) in [5, 5.41) is 8.36. The molecule has 0 aliphatic carbocycles. The monoisotopic (exact) mass is 204 g/mol. The summed E-state index contributed by atoms with van der Waals surface area (Å²) in [6.07, 6.45) is 0. The van der Waals surface area contributed by atoms with Crippen LogP contribution < -0.4 is 0 Å². The number of hydrogen-bond acceptors (Lipinski definition) is 3. The first-order valence-electron chi connectivity index (χ1n) is 4.86. The fourth-order valence-corrected chi connectivity index (χ4v) is 1.42. The van der Waals surface area contributed by atoms with Crippen LogP contribution >= 0.6 is 0 Å². The molecular formula is C11H14N3O. The molecule has 4 nitrogen and oxygen atoms in total. The van der Waals surface area contributed by atoms with Crippen molar-refractivity contribution in [1.82, 2.24) is 14.9 Å². The van der Waals surface area contributed by atoms with Gasteiger partial charge in [-0.15, -0.1) is 0 Å².